The molecule has 0 spiro atoms. The molecule has 1 heterocycles. The molecule has 2 fully saturated rings. The SMILES string of the molecule is CCCc1nc(S(N)(=O)=O)cn1C1CC2CCC1C2. The van der Waals surface area contributed by atoms with Crippen molar-refractivity contribution in [3.05, 3.63) is 12.0 Å². The Kier molecular flexibility index (Phi) is 3.17. The topological polar surface area (TPSA) is 78.0 Å². The van der Waals surface area contributed by atoms with Gasteiger partial charge in [0.05, 0.1) is 0 Å². The van der Waals surface area contributed by atoms with E-state index in [0.29, 0.717) is 12.0 Å². The van der Waals surface area contributed by atoms with Crippen molar-refractivity contribution in [2.45, 2.75) is 56.5 Å². The van der Waals surface area contributed by atoms with Crippen LogP contribution in [0.5, 0.6) is 0 Å². The third-order valence-electron chi connectivity index (χ3n) is 4.61. The number of hydrogen-bond donors (Lipinski definition) is 1. The van der Waals surface area contributed by atoms with Gasteiger partial charge in [-0.05, 0) is 37.5 Å². The predicted molar refractivity (Wildman–Crippen MR) is 72.1 cm³/mol. The zero-order chi connectivity index (χ0) is 13.6. The molecule has 106 valence electrons. The van der Waals surface area contributed by atoms with Crippen LogP contribution < -0.4 is 5.14 Å². The van der Waals surface area contributed by atoms with E-state index in [-0.39, 0.29) is 5.03 Å². The maximum Gasteiger partial charge on any atom is 0.257 e. The second kappa shape index (κ2) is 4.59. The molecule has 19 heavy (non-hydrogen) atoms. The molecule has 3 unspecified atom stereocenters. The number of imidazole rings is 1. The molecular weight excluding hydrogens is 262 g/mol. The molecule has 0 radical (unpaired) electrons. The molecule has 6 heteroatoms. The van der Waals surface area contributed by atoms with Gasteiger partial charge >= 0.3 is 0 Å². The second-order valence-electron chi connectivity index (χ2n) is 5.94. The van der Waals surface area contributed by atoms with Gasteiger partial charge in [-0.15, -0.1) is 0 Å². The number of primary sulfonamides is 1. The molecule has 0 amide bonds. The fraction of sp³-hybridized carbons (Fsp3) is 0.769. The van der Waals surface area contributed by atoms with Gasteiger partial charge in [-0.2, -0.15) is 0 Å². The number of sulfonamides is 1. The minimum absolute atomic E-state index is 0.0266. The quantitative estimate of drug-likeness (QED) is 0.916. The van der Waals surface area contributed by atoms with E-state index in [1.807, 2.05) is 0 Å². The van der Waals surface area contributed by atoms with Gasteiger partial charge in [0.1, 0.15) is 5.82 Å². The lowest BCUT2D eigenvalue weighted by atomic mass is 9.95. The Hall–Kier alpha value is -0.880. The molecule has 1 aromatic heterocycles. The number of rotatable bonds is 4. The maximum atomic E-state index is 11.5. The Morgan fingerprint density at radius 2 is 2.21 bits per heavy atom. The summed E-state index contributed by atoms with van der Waals surface area (Å²) in [6.45, 7) is 2.08. The van der Waals surface area contributed by atoms with E-state index in [9.17, 15) is 8.42 Å². The highest BCUT2D eigenvalue weighted by atomic mass is 32.2. The molecule has 2 bridgehead atoms. The van der Waals surface area contributed by atoms with Crippen molar-refractivity contribution < 1.29 is 8.42 Å². The van der Waals surface area contributed by atoms with Crippen molar-refractivity contribution >= 4 is 10.0 Å². The van der Waals surface area contributed by atoms with Gasteiger partial charge in [0, 0.05) is 18.7 Å². The van der Waals surface area contributed by atoms with Gasteiger partial charge < -0.3 is 4.57 Å². The highest BCUT2D eigenvalue weighted by Gasteiger charge is 2.41. The monoisotopic (exact) mass is 283 g/mol. The predicted octanol–water partition coefficient (Wildman–Crippen LogP) is 1.84. The van der Waals surface area contributed by atoms with E-state index in [0.717, 1.165) is 24.6 Å². The number of fused-ring (bicyclic) bond motifs is 2. The highest BCUT2D eigenvalue weighted by Crippen LogP contribution is 2.51. The standard InChI is InChI=1S/C13H21N3O2S/c1-2-3-12-15-13(19(14,17)18)8-16(12)11-7-9-4-5-10(11)6-9/h8-11H,2-7H2,1H3,(H2,14,17,18). The first-order valence-corrected chi connectivity index (χ1v) is 8.64. The van der Waals surface area contributed by atoms with Crippen molar-refractivity contribution in [2.24, 2.45) is 17.0 Å². The lowest BCUT2D eigenvalue weighted by molar-refractivity contribution is 0.322. The highest BCUT2D eigenvalue weighted by molar-refractivity contribution is 7.89. The Bertz CT molecular complexity index is 579. The van der Waals surface area contributed by atoms with Crippen molar-refractivity contribution in [1.29, 1.82) is 0 Å². The summed E-state index contributed by atoms with van der Waals surface area (Å²) in [6, 6.07) is 0.434. The normalized spacial score (nSPS) is 30.1. The summed E-state index contributed by atoms with van der Waals surface area (Å²) in [7, 11) is -3.70. The molecule has 0 aliphatic heterocycles. The number of aryl methyl sites for hydroxylation is 1. The summed E-state index contributed by atoms with van der Waals surface area (Å²) >= 11 is 0. The van der Waals surface area contributed by atoms with Crippen LogP contribution in [0.4, 0.5) is 0 Å². The molecular formula is C13H21N3O2S. The van der Waals surface area contributed by atoms with Gasteiger partial charge in [0.15, 0.2) is 5.03 Å². The van der Waals surface area contributed by atoms with Crippen LogP contribution >= 0.6 is 0 Å². The number of nitrogens with two attached hydrogens (primary N) is 1. The summed E-state index contributed by atoms with van der Waals surface area (Å²) in [6.07, 6.45) is 8.49. The van der Waals surface area contributed by atoms with Gasteiger partial charge in [-0.1, -0.05) is 13.3 Å². The molecule has 5 nitrogen and oxygen atoms in total. The van der Waals surface area contributed by atoms with Crippen LogP contribution in [-0.4, -0.2) is 18.0 Å². The van der Waals surface area contributed by atoms with Gasteiger partial charge in [0.2, 0.25) is 0 Å². The Balaban J connectivity index is 1.97. The molecule has 2 N–H and O–H groups in total. The smallest absolute Gasteiger partial charge is 0.257 e. The van der Waals surface area contributed by atoms with E-state index >= 15 is 0 Å². The first-order valence-electron chi connectivity index (χ1n) is 7.09. The molecule has 2 aliphatic carbocycles. The third-order valence-corrected chi connectivity index (χ3v) is 5.39. The summed E-state index contributed by atoms with van der Waals surface area (Å²) < 4.78 is 25.1. The van der Waals surface area contributed by atoms with E-state index in [1.54, 1.807) is 6.20 Å². The lowest BCUT2D eigenvalue weighted by Gasteiger charge is -2.24. The zero-order valence-electron chi connectivity index (χ0n) is 11.2. The van der Waals surface area contributed by atoms with Crippen molar-refractivity contribution in [1.82, 2.24) is 9.55 Å². The van der Waals surface area contributed by atoms with Crippen LogP contribution in [0, 0.1) is 11.8 Å². The van der Waals surface area contributed by atoms with Crippen LogP contribution in [0.2, 0.25) is 0 Å². The van der Waals surface area contributed by atoms with E-state index < -0.39 is 10.0 Å². The first-order chi connectivity index (χ1) is 8.99. The zero-order valence-corrected chi connectivity index (χ0v) is 12.1. The van der Waals surface area contributed by atoms with E-state index in [2.05, 4.69) is 16.5 Å². The van der Waals surface area contributed by atoms with Crippen LogP contribution in [0.15, 0.2) is 11.2 Å². The van der Waals surface area contributed by atoms with Crippen LogP contribution in [0.25, 0.3) is 0 Å². The third kappa shape index (κ3) is 2.31. The molecule has 2 saturated carbocycles. The first kappa shape index (κ1) is 13.1. The second-order valence-corrected chi connectivity index (χ2v) is 7.45. The fourth-order valence-electron chi connectivity index (χ4n) is 3.79. The van der Waals surface area contributed by atoms with Gasteiger partial charge in [-0.3, -0.25) is 0 Å². The Morgan fingerprint density at radius 3 is 2.74 bits per heavy atom. The van der Waals surface area contributed by atoms with Crippen molar-refractivity contribution in [3.63, 3.8) is 0 Å². The van der Waals surface area contributed by atoms with E-state index in [1.165, 1.54) is 25.7 Å². The van der Waals surface area contributed by atoms with Crippen LogP contribution in [0.1, 0.15) is 50.9 Å². The van der Waals surface area contributed by atoms with Crippen molar-refractivity contribution in [2.75, 3.05) is 0 Å². The van der Waals surface area contributed by atoms with Gasteiger partial charge in [0.25, 0.3) is 10.0 Å². The average molecular weight is 283 g/mol. The summed E-state index contributed by atoms with van der Waals surface area (Å²) in [5.41, 5.74) is 0. The average Bonchev–Trinajstić information content (AvgIpc) is 3.01. The van der Waals surface area contributed by atoms with Crippen LogP contribution in [0.3, 0.4) is 0 Å². The fourth-order valence-corrected chi connectivity index (χ4v) is 4.29. The molecule has 0 saturated heterocycles. The van der Waals surface area contributed by atoms with Crippen molar-refractivity contribution in [3.8, 4) is 0 Å². The number of nitrogens with zero attached hydrogens (tertiary/aromatic N) is 2. The summed E-state index contributed by atoms with van der Waals surface area (Å²) in [4.78, 5) is 4.25. The van der Waals surface area contributed by atoms with Crippen LogP contribution in [-0.2, 0) is 16.4 Å². The lowest BCUT2D eigenvalue weighted by Crippen LogP contribution is -2.18. The summed E-state index contributed by atoms with van der Waals surface area (Å²) in [5.74, 6) is 2.40. The number of hydrogen-bond acceptors (Lipinski definition) is 3. The molecule has 3 atom stereocenters. The minimum Gasteiger partial charge on any atom is -0.330 e. The summed E-state index contributed by atoms with van der Waals surface area (Å²) in [5, 5.41) is 5.23. The molecule has 1 aromatic rings. The Labute approximate surface area is 114 Å². The Morgan fingerprint density at radius 1 is 1.42 bits per heavy atom. The van der Waals surface area contributed by atoms with Gasteiger partial charge in [-0.25, -0.2) is 18.5 Å². The largest absolute Gasteiger partial charge is 0.330 e. The molecule has 3 rings (SSSR count). The maximum absolute atomic E-state index is 11.5. The minimum atomic E-state index is -3.70. The van der Waals surface area contributed by atoms with E-state index in [4.69, 9.17) is 5.14 Å². The molecule has 2 aliphatic rings. The number of aromatic nitrogens is 2. The molecule has 0 aromatic carbocycles.